The fraction of sp³-hybridized carbons (Fsp3) is 0.436. The van der Waals surface area contributed by atoms with Crippen molar-refractivity contribution in [3.05, 3.63) is 153 Å². The summed E-state index contributed by atoms with van der Waals surface area (Å²) in [4.78, 5) is 141. The van der Waals surface area contributed by atoms with Gasteiger partial charge in [0, 0.05) is 144 Å². The van der Waals surface area contributed by atoms with Crippen LogP contribution in [0.4, 0.5) is 23.0 Å². The maximum atomic E-state index is 13.8. The molecule has 1 atom stereocenters. The van der Waals surface area contributed by atoms with Crippen molar-refractivity contribution in [3.8, 4) is 22.0 Å². The normalized spacial score (nSPS) is 12.3. The van der Waals surface area contributed by atoms with Gasteiger partial charge >= 0.3 is 0 Å². The first-order chi connectivity index (χ1) is 57.9. The summed E-state index contributed by atoms with van der Waals surface area (Å²) in [5.41, 5.74) is 10.9. The maximum absolute atomic E-state index is 13.8. The van der Waals surface area contributed by atoms with Crippen LogP contribution < -0.4 is 53.0 Å². The van der Waals surface area contributed by atoms with E-state index in [1.807, 2.05) is 35.8 Å². The standard InChI is InChI=1S/C78H99ClN22O18S/c1-48-49(2)120-78-64(48)65(51-9-11-52(79)12-10-51)89-57(70-95-94-50(3)101(70)78)43-63(105)87-53-41-55(45-81-44-53)119-40-39-118-38-37-117-36-35-116-34-33-115-32-31-114-30-29-113-28-27-112-26-25-111-24-21-82-60(102)13-17-86-76(109)73-91-59(47-99(73)7)90-61(103)14-19-85-75(108)67-56(16-22-96(67)4)66-69(93-71(68(80)106)100(66)8)92-62(104)15-18-84-74(107)58-42-54(46-98(58)6)88-77(110)72-83-20-23-97(72)5/h9-12,16,20,22-23,41-42,44-47,57H,13-15,17-19,21,24-40,43H2,1-8H3,(H2,80,106)(H,82,102)(H,84,107)(H,85,108)(H,86,109)(H,87,105)(H,88,110)(H,90,103)(H,92,104). The van der Waals surface area contributed by atoms with Crippen LogP contribution >= 0.6 is 22.9 Å². The first-order valence-electron chi connectivity index (χ1n) is 38.5. The summed E-state index contributed by atoms with van der Waals surface area (Å²) in [5.74, 6) is -3.20. The van der Waals surface area contributed by atoms with E-state index in [9.17, 15) is 43.2 Å². The van der Waals surface area contributed by atoms with Crippen LogP contribution in [0.2, 0.25) is 5.02 Å². The third-order valence-electron chi connectivity index (χ3n) is 18.3. The van der Waals surface area contributed by atoms with Crippen molar-refractivity contribution < 1.29 is 85.8 Å². The number of anilines is 4. The summed E-state index contributed by atoms with van der Waals surface area (Å²) in [7, 11) is 7.93. The highest BCUT2D eigenvalue weighted by Gasteiger charge is 2.34. The second-order valence-electron chi connectivity index (χ2n) is 27.1. The second-order valence-corrected chi connectivity index (χ2v) is 28.8. The Hall–Kier alpha value is -11.9. The molecule has 9 aromatic rings. The van der Waals surface area contributed by atoms with Crippen molar-refractivity contribution in [3.63, 3.8) is 0 Å². The fourth-order valence-corrected chi connectivity index (χ4v) is 13.6. The molecule has 642 valence electrons. The molecule has 1 aliphatic rings. The zero-order valence-corrected chi connectivity index (χ0v) is 69.4. The average molecular weight is 1700 g/mol. The minimum atomic E-state index is -0.916. The Labute approximate surface area is 699 Å². The maximum Gasteiger partial charge on any atom is 0.291 e. The van der Waals surface area contributed by atoms with Gasteiger partial charge in [-0.1, -0.05) is 23.7 Å². The number of carbonyl (C=O) groups is 9. The number of amides is 9. The number of hydrogen-bond donors (Lipinski definition) is 9. The molecule has 0 spiro atoms. The van der Waals surface area contributed by atoms with E-state index in [1.165, 1.54) is 43.8 Å². The monoisotopic (exact) mass is 1700 g/mol. The lowest BCUT2D eigenvalue weighted by atomic mass is 9.99. The Morgan fingerprint density at radius 3 is 1.74 bits per heavy atom. The highest BCUT2D eigenvalue weighted by molar-refractivity contribution is 7.15. The first-order valence-corrected chi connectivity index (χ1v) is 39.7. The van der Waals surface area contributed by atoms with E-state index in [2.05, 4.69) is 86.5 Å². The van der Waals surface area contributed by atoms with E-state index in [-0.39, 0.29) is 129 Å². The largest absolute Gasteiger partial charge is 0.489 e. The summed E-state index contributed by atoms with van der Waals surface area (Å²) >= 11 is 7.91. The number of aromatic nitrogens is 12. The van der Waals surface area contributed by atoms with Crippen molar-refractivity contribution >= 4 is 105 Å². The van der Waals surface area contributed by atoms with Crippen LogP contribution in [0.3, 0.4) is 0 Å². The number of aliphatic imine (C=N–C) groups is 1. The number of halogens is 1. The van der Waals surface area contributed by atoms with Gasteiger partial charge in [-0.3, -0.25) is 57.7 Å². The van der Waals surface area contributed by atoms with Gasteiger partial charge in [-0.05, 0) is 50.6 Å². The highest BCUT2D eigenvalue weighted by Crippen LogP contribution is 2.40. The van der Waals surface area contributed by atoms with Crippen LogP contribution in [0.5, 0.6) is 5.75 Å². The van der Waals surface area contributed by atoms with Crippen LogP contribution in [0.15, 0.2) is 90.8 Å². The van der Waals surface area contributed by atoms with E-state index >= 15 is 0 Å². The summed E-state index contributed by atoms with van der Waals surface area (Å²) < 4.78 is 59.8. The van der Waals surface area contributed by atoms with Crippen LogP contribution in [0.1, 0.15) is 118 Å². The van der Waals surface area contributed by atoms with E-state index in [0.717, 1.165) is 32.3 Å². The molecule has 1 aliphatic heterocycles. The van der Waals surface area contributed by atoms with Crippen LogP contribution in [-0.4, -0.2) is 255 Å². The molecule has 0 fully saturated rings. The molecule has 40 nitrogen and oxygen atoms in total. The molecule has 9 amide bonds. The zero-order valence-electron chi connectivity index (χ0n) is 67.9. The molecule has 9 heterocycles. The van der Waals surface area contributed by atoms with Gasteiger partial charge < -0.3 is 114 Å². The van der Waals surface area contributed by atoms with Gasteiger partial charge in [0.05, 0.1) is 147 Å². The Morgan fingerprint density at radius 1 is 0.533 bits per heavy atom. The molecule has 1 unspecified atom stereocenters. The average Bonchev–Trinajstić information content (AvgIpc) is 1.59. The van der Waals surface area contributed by atoms with Crippen molar-refractivity contribution in [2.75, 3.05) is 160 Å². The molecule has 8 aromatic heterocycles. The number of carbonyl (C=O) groups excluding carboxylic acids is 9. The van der Waals surface area contributed by atoms with Crippen LogP contribution in [-0.2, 0) is 92.3 Å². The smallest absolute Gasteiger partial charge is 0.291 e. The molecular weight excluding hydrogens is 1600 g/mol. The van der Waals surface area contributed by atoms with Crippen LogP contribution in [0, 0.1) is 20.8 Å². The Morgan fingerprint density at radius 2 is 1.12 bits per heavy atom. The fourth-order valence-electron chi connectivity index (χ4n) is 12.3. The molecular formula is C78H99ClN22O18S. The van der Waals surface area contributed by atoms with Gasteiger partial charge in [0.2, 0.25) is 35.3 Å². The van der Waals surface area contributed by atoms with E-state index < -0.39 is 47.4 Å². The van der Waals surface area contributed by atoms with Gasteiger partial charge in [0.1, 0.15) is 40.6 Å². The second kappa shape index (κ2) is 45.3. The minimum Gasteiger partial charge on any atom is -0.489 e. The summed E-state index contributed by atoms with van der Waals surface area (Å²) in [6, 6.07) is 11.7. The van der Waals surface area contributed by atoms with Gasteiger partial charge in [-0.15, -0.1) is 21.5 Å². The van der Waals surface area contributed by atoms with Crippen molar-refractivity contribution in [1.82, 2.24) is 78.8 Å². The van der Waals surface area contributed by atoms with Gasteiger partial charge in [0.15, 0.2) is 23.3 Å². The lowest BCUT2D eigenvalue weighted by Gasteiger charge is -2.13. The molecule has 10 N–H and O–H groups in total. The lowest BCUT2D eigenvalue weighted by molar-refractivity contribution is -0.121. The number of aryl methyl sites for hydroxylation is 6. The summed E-state index contributed by atoms with van der Waals surface area (Å²) in [6.45, 7) is 12.2. The number of primary amides is 1. The molecule has 42 heteroatoms. The Balaban J connectivity index is 0.488. The van der Waals surface area contributed by atoms with E-state index in [0.29, 0.717) is 133 Å². The Kier molecular flexibility index (Phi) is 34.1. The highest BCUT2D eigenvalue weighted by atomic mass is 35.5. The SMILES string of the molecule is Cc1sc2c(c1C)C(c1ccc(Cl)cc1)=NC(CC(=O)Nc1cncc(OCCOCCOCCOCCOCCOCCOCCOCCOCCNC(=O)CCNC(=O)c3nc(NC(=O)CCNC(=O)c4c(-c5c(NC(=O)CCNC(=O)c6cc(NC(=O)c7nccn7C)cn6C)nc(C(N)=O)n5C)ccn4C)cn3C)c1)c1nnc(C)n1-2. The number of benzene rings is 1. The van der Waals surface area contributed by atoms with Gasteiger partial charge in [-0.2, -0.15) is 0 Å². The van der Waals surface area contributed by atoms with E-state index in [4.69, 9.17) is 65.0 Å². The van der Waals surface area contributed by atoms with Crippen LogP contribution in [0.25, 0.3) is 16.3 Å². The number of fused-ring (bicyclic) bond motifs is 3. The molecule has 0 bridgehead atoms. The molecule has 0 saturated carbocycles. The molecule has 1 aromatic carbocycles. The molecule has 0 saturated heterocycles. The number of nitrogens with one attached hydrogen (secondary N) is 8. The molecule has 0 radical (unpaired) electrons. The number of pyridine rings is 1. The lowest BCUT2D eigenvalue weighted by Crippen LogP contribution is -2.33. The number of thiophene rings is 1. The van der Waals surface area contributed by atoms with Crippen molar-refractivity contribution in [2.45, 2.75) is 52.5 Å². The molecule has 10 rings (SSSR count). The predicted octanol–water partition coefficient (Wildman–Crippen LogP) is 4.08. The number of ether oxygens (including phenoxy) is 9. The van der Waals surface area contributed by atoms with Gasteiger partial charge in [-0.25, -0.2) is 15.0 Å². The quantitative estimate of drug-likeness (QED) is 0.0242. The number of hydrogen-bond acceptors (Lipinski definition) is 26. The minimum absolute atomic E-state index is 0.000417. The third kappa shape index (κ3) is 25.8. The number of nitrogens with two attached hydrogens (primary N) is 1. The summed E-state index contributed by atoms with van der Waals surface area (Å²) in [5, 5.41) is 32.1. The predicted molar refractivity (Wildman–Crippen MR) is 440 cm³/mol. The number of nitrogens with zero attached hydrogens (tertiary/aromatic N) is 13. The van der Waals surface area contributed by atoms with E-state index in [1.54, 1.807) is 87.2 Å². The third-order valence-corrected chi connectivity index (χ3v) is 19.7. The van der Waals surface area contributed by atoms with Crippen molar-refractivity contribution in [2.24, 2.45) is 46.0 Å². The zero-order chi connectivity index (χ0) is 85.6. The van der Waals surface area contributed by atoms with Crippen molar-refractivity contribution in [1.29, 1.82) is 0 Å². The Bertz CT molecular complexity index is 5060. The molecule has 120 heavy (non-hydrogen) atoms. The molecule has 0 aliphatic carbocycles. The topological polar surface area (TPSA) is 478 Å². The summed E-state index contributed by atoms with van der Waals surface area (Å²) in [6.07, 6.45) is 10.3. The first kappa shape index (κ1) is 90.4. The number of imidazole rings is 3. The van der Waals surface area contributed by atoms with Gasteiger partial charge in [0.25, 0.3) is 29.5 Å². The number of rotatable bonds is 50.